The highest BCUT2D eigenvalue weighted by atomic mass is 16.8. The van der Waals surface area contributed by atoms with E-state index in [-0.39, 0.29) is 0 Å². The van der Waals surface area contributed by atoms with Gasteiger partial charge in [-0.15, -0.1) is 0 Å². The molecular formula is C12H22O11. The van der Waals surface area contributed by atoms with Crippen LogP contribution in [0, 0.1) is 0 Å². The molecule has 11 heteroatoms. The number of rotatable bonds is 5. The minimum absolute atomic E-state index is 0.669. The molecule has 136 valence electrons. The summed E-state index contributed by atoms with van der Waals surface area (Å²) in [4.78, 5) is 0. The first-order valence-corrected chi connectivity index (χ1v) is 7.05. The molecule has 9 atom stereocenters. The SMILES string of the molecule is OC[C@H]1O[C@H](O[C@]2(CO)O[C@H](CO)[C@H](O)[C@@H]2O)[C@H](O)[C@H](O)[C@H]1O. The predicted octanol–water partition coefficient (Wildman–Crippen LogP) is -5.40. The molecule has 0 radical (unpaired) electrons. The third-order valence-electron chi connectivity index (χ3n) is 4.07. The lowest BCUT2D eigenvalue weighted by Crippen LogP contribution is -2.62. The number of ether oxygens (including phenoxy) is 3. The van der Waals surface area contributed by atoms with Crippen molar-refractivity contribution in [2.24, 2.45) is 0 Å². The highest BCUT2D eigenvalue weighted by Crippen LogP contribution is 2.35. The van der Waals surface area contributed by atoms with Crippen LogP contribution in [0.1, 0.15) is 0 Å². The second-order valence-corrected chi connectivity index (χ2v) is 5.56. The van der Waals surface area contributed by atoms with Gasteiger partial charge in [0, 0.05) is 0 Å². The van der Waals surface area contributed by atoms with E-state index in [2.05, 4.69) is 0 Å². The molecule has 0 bridgehead atoms. The molecule has 2 fully saturated rings. The summed E-state index contributed by atoms with van der Waals surface area (Å²) in [6.45, 7) is -2.32. The summed E-state index contributed by atoms with van der Waals surface area (Å²) in [6, 6.07) is 0. The van der Waals surface area contributed by atoms with Crippen molar-refractivity contribution in [3.05, 3.63) is 0 Å². The fourth-order valence-corrected chi connectivity index (χ4v) is 2.63. The van der Waals surface area contributed by atoms with Gasteiger partial charge in [0.05, 0.1) is 13.2 Å². The molecule has 0 aliphatic carbocycles. The van der Waals surface area contributed by atoms with Crippen molar-refractivity contribution in [3.8, 4) is 0 Å². The lowest BCUT2D eigenvalue weighted by Gasteiger charge is -2.43. The molecule has 8 N–H and O–H groups in total. The van der Waals surface area contributed by atoms with E-state index in [9.17, 15) is 30.6 Å². The maximum Gasteiger partial charge on any atom is 0.224 e. The Morgan fingerprint density at radius 2 is 1.39 bits per heavy atom. The summed E-state index contributed by atoms with van der Waals surface area (Å²) in [5.41, 5.74) is 0. The molecule has 2 aliphatic heterocycles. The first kappa shape index (κ1) is 18.9. The van der Waals surface area contributed by atoms with Crippen molar-refractivity contribution in [2.75, 3.05) is 19.8 Å². The maximum atomic E-state index is 10.00. The summed E-state index contributed by atoms with van der Waals surface area (Å²) >= 11 is 0. The zero-order chi connectivity index (χ0) is 17.4. The average Bonchev–Trinajstić information content (AvgIpc) is 2.80. The van der Waals surface area contributed by atoms with Crippen LogP contribution in [0.3, 0.4) is 0 Å². The Kier molecular flexibility index (Phi) is 5.92. The number of aliphatic hydroxyl groups is 8. The van der Waals surface area contributed by atoms with Crippen LogP contribution in [0.2, 0.25) is 0 Å². The van der Waals surface area contributed by atoms with Gasteiger partial charge in [0.15, 0.2) is 6.29 Å². The predicted molar refractivity (Wildman–Crippen MR) is 68.6 cm³/mol. The molecule has 0 aromatic rings. The van der Waals surface area contributed by atoms with Crippen molar-refractivity contribution in [1.29, 1.82) is 0 Å². The molecule has 0 aromatic heterocycles. The lowest BCUT2D eigenvalue weighted by atomic mass is 9.99. The number of aliphatic hydroxyl groups excluding tert-OH is 8. The van der Waals surface area contributed by atoms with Crippen LogP contribution in [0.25, 0.3) is 0 Å². The van der Waals surface area contributed by atoms with Crippen LogP contribution in [0.15, 0.2) is 0 Å². The molecule has 11 nitrogen and oxygen atoms in total. The van der Waals surface area contributed by atoms with Gasteiger partial charge in [-0.2, -0.15) is 0 Å². The first-order chi connectivity index (χ1) is 10.8. The van der Waals surface area contributed by atoms with Gasteiger partial charge in [-0.3, -0.25) is 0 Å². The topological polar surface area (TPSA) is 190 Å². The van der Waals surface area contributed by atoms with Gasteiger partial charge < -0.3 is 55.1 Å². The molecule has 2 rings (SSSR count). The minimum atomic E-state index is -2.22. The summed E-state index contributed by atoms with van der Waals surface area (Å²) < 4.78 is 15.4. The Morgan fingerprint density at radius 1 is 0.783 bits per heavy atom. The monoisotopic (exact) mass is 342 g/mol. The second-order valence-electron chi connectivity index (χ2n) is 5.56. The van der Waals surface area contributed by atoms with Gasteiger partial charge in [-0.1, -0.05) is 0 Å². The van der Waals surface area contributed by atoms with E-state index in [1.807, 2.05) is 0 Å². The van der Waals surface area contributed by atoms with Crippen molar-refractivity contribution >= 4 is 0 Å². The molecular weight excluding hydrogens is 320 g/mol. The van der Waals surface area contributed by atoms with Crippen molar-refractivity contribution < 1.29 is 55.1 Å². The highest BCUT2D eigenvalue weighted by Gasteiger charge is 2.58. The van der Waals surface area contributed by atoms with E-state index in [0.29, 0.717) is 0 Å². The molecule has 2 saturated heterocycles. The van der Waals surface area contributed by atoms with Gasteiger partial charge >= 0.3 is 0 Å². The summed E-state index contributed by atoms with van der Waals surface area (Å²) in [5.74, 6) is -2.22. The molecule has 0 aromatic carbocycles. The molecule has 0 spiro atoms. The standard InChI is InChI=1S/C12H22O11/c13-1-4-6(16)8(18)9(19)11(21-4)23-12(3-15)10(20)7(17)5(2-14)22-12/h4-11,13-20H,1-3H2/t4-,5-,6+,7+,8-,9-,10+,11-,12+/m1/s1. The third-order valence-corrected chi connectivity index (χ3v) is 4.07. The van der Waals surface area contributed by atoms with Crippen LogP contribution in [0.5, 0.6) is 0 Å². The van der Waals surface area contributed by atoms with Gasteiger partial charge in [-0.25, -0.2) is 0 Å². The van der Waals surface area contributed by atoms with E-state index >= 15 is 0 Å². The van der Waals surface area contributed by atoms with E-state index < -0.39 is 74.6 Å². The van der Waals surface area contributed by atoms with Gasteiger partial charge in [0.25, 0.3) is 0 Å². The van der Waals surface area contributed by atoms with Crippen LogP contribution in [0.4, 0.5) is 0 Å². The largest absolute Gasteiger partial charge is 0.394 e. The van der Waals surface area contributed by atoms with Crippen molar-refractivity contribution in [1.82, 2.24) is 0 Å². The normalized spacial score (nSPS) is 51.1. The summed E-state index contributed by atoms with van der Waals surface area (Å²) in [6.07, 6.45) is -12.7. The Morgan fingerprint density at radius 3 is 1.87 bits per heavy atom. The van der Waals surface area contributed by atoms with Gasteiger partial charge in [0.1, 0.15) is 49.3 Å². The second kappa shape index (κ2) is 7.21. The van der Waals surface area contributed by atoms with Crippen LogP contribution >= 0.6 is 0 Å². The summed E-state index contributed by atoms with van der Waals surface area (Å²) in [5, 5.41) is 76.7. The van der Waals surface area contributed by atoms with Crippen LogP contribution in [-0.2, 0) is 14.2 Å². The zero-order valence-corrected chi connectivity index (χ0v) is 12.0. The van der Waals surface area contributed by atoms with E-state index in [1.165, 1.54) is 0 Å². The fourth-order valence-electron chi connectivity index (χ4n) is 2.63. The Hall–Kier alpha value is -0.440. The van der Waals surface area contributed by atoms with Gasteiger partial charge in [0.2, 0.25) is 5.79 Å². The van der Waals surface area contributed by atoms with Crippen molar-refractivity contribution in [2.45, 2.75) is 54.8 Å². The quantitative estimate of drug-likeness (QED) is 0.238. The first-order valence-electron chi connectivity index (χ1n) is 7.05. The molecule has 2 heterocycles. The smallest absolute Gasteiger partial charge is 0.224 e. The Bertz CT molecular complexity index is 393. The average molecular weight is 342 g/mol. The van der Waals surface area contributed by atoms with Crippen LogP contribution < -0.4 is 0 Å². The minimum Gasteiger partial charge on any atom is -0.394 e. The molecule has 0 amide bonds. The number of hydrogen-bond acceptors (Lipinski definition) is 11. The molecule has 2 aliphatic rings. The lowest BCUT2D eigenvalue weighted by molar-refractivity contribution is -0.383. The maximum absolute atomic E-state index is 10.00. The van der Waals surface area contributed by atoms with E-state index in [1.54, 1.807) is 0 Å². The molecule has 23 heavy (non-hydrogen) atoms. The Balaban J connectivity index is 2.18. The Labute approximate surface area is 130 Å². The van der Waals surface area contributed by atoms with E-state index in [4.69, 9.17) is 24.4 Å². The third kappa shape index (κ3) is 3.23. The fraction of sp³-hybridized carbons (Fsp3) is 1.00. The van der Waals surface area contributed by atoms with Crippen LogP contribution in [-0.4, -0.2) is 115 Å². The number of hydrogen-bond donors (Lipinski definition) is 8. The van der Waals surface area contributed by atoms with E-state index in [0.717, 1.165) is 0 Å². The zero-order valence-electron chi connectivity index (χ0n) is 12.0. The van der Waals surface area contributed by atoms with Gasteiger partial charge in [-0.05, 0) is 0 Å². The summed E-state index contributed by atoms with van der Waals surface area (Å²) in [7, 11) is 0. The van der Waals surface area contributed by atoms with Crippen molar-refractivity contribution in [3.63, 3.8) is 0 Å². The highest BCUT2D eigenvalue weighted by molar-refractivity contribution is 4.98. The molecule has 0 saturated carbocycles. The molecule has 0 unspecified atom stereocenters.